The number of furan rings is 1. The number of hydrogen-bond acceptors (Lipinski definition) is 8. The molecule has 0 radical (unpaired) electrons. The number of thiophene rings is 1. The first kappa shape index (κ1) is 92.6. The molecule has 0 atom stereocenters. The summed E-state index contributed by atoms with van der Waals surface area (Å²) < 4.78 is 84.6. The van der Waals surface area contributed by atoms with Crippen LogP contribution >= 0.6 is 372 Å². The lowest BCUT2D eigenvalue weighted by molar-refractivity contribution is -0.137. The molecular weight excluding hydrogens is 2760 g/mol. The molecule has 10 N–H and O–H groups in total. The zero-order chi connectivity index (χ0) is 78.9. The molecule has 6 aromatic heterocycles. The maximum Gasteiger partial charge on any atom is 0.416 e. The zero-order valence-electron chi connectivity index (χ0n) is 50.9. The number of aromatic nitrogens is 4. The van der Waals surface area contributed by atoms with Gasteiger partial charge in [0.25, 0.3) is 0 Å². The van der Waals surface area contributed by atoms with E-state index in [0.717, 1.165) is 95.2 Å². The fourth-order valence-corrected chi connectivity index (χ4v) is 21.3. The van der Waals surface area contributed by atoms with Crippen molar-refractivity contribution in [3.63, 3.8) is 0 Å². The predicted molar refractivity (Wildman–Crippen MR) is 479 cm³/mol. The first-order valence-electron chi connectivity index (χ1n) is 27.3. The van der Waals surface area contributed by atoms with Crippen LogP contribution in [-0.4, -0.2) is 50.6 Å². The van der Waals surface area contributed by atoms with E-state index >= 15 is 0 Å². The number of benzene rings is 6. The van der Waals surface area contributed by atoms with Crippen molar-refractivity contribution in [1.29, 1.82) is 0 Å². The highest BCUT2D eigenvalue weighted by molar-refractivity contribution is 9.16. The maximum absolute atomic E-state index is 13.2. The van der Waals surface area contributed by atoms with Crippen molar-refractivity contribution in [1.82, 2.24) is 19.9 Å². The van der Waals surface area contributed by atoms with E-state index in [1.165, 1.54) is 19.1 Å². The summed E-state index contributed by atoms with van der Waals surface area (Å²) in [5, 5.41) is 60.7. The number of aromatic hydroxyl groups is 6. The van der Waals surface area contributed by atoms with Crippen LogP contribution in [0.5, 0.6) is 34.5 Å². The van der Waals surface area contributed by atoms with Crippen LogP contribution in [-0.2, 0) is 6.18 Å². The molecule has 41 heteroatoms. The van der Waals surface area contributed by atoms with E-state index in [-0.39, 0.29) is 59.9 Å². The Bertz CT molecular complexity index is 4730. The average molecular weight is 2790 g/mol. The first-order valence-corrected chi connectivity index (χ1v) is 45.1. The summed E-state index contributed by atoms with van der Waals surface area (Å²) in [4.78, 5) is 12.6. The van der Waals surface area contributed by atoms with Gasteiger partial charge < -0.3 is 55.0 Å². The van der Waals surface area contributed by atoms with Gasteiger partial charge in [-0.05, 0) is 369 Å². The van der Waals surface area contributed by atoms with Crippen LogP contribution in [0.1, 0.15) is 22.3 Å². The normalized spacial score (nSPS) is 11.1. The van der Waals surface area contributed by atoms with Crippen molar-refractivity contribution in [2.75, 3.05) is 0 Å². The van der Waals surface area contributed by atoms with Crippen molar-refractivity contribution >= 4 is 372 Å². The average Bonchev–Trinajstić information content (AvgIpc) is 1.77. The molecule has 0 bridgehead atoms. The summed E-state index contributed by atoms with van der Waals surface area (Å²) in [6.07, 6.45) is -4.47. The van der Waals surface area contributed by atoms with E-state index in [2.05, 4.69) is 323 Å². The number of H-pyrrole nitrogens is 4. The highest BCUT2D eigenvalue weighted by Gasteiger charge is 2.33. The Balaban J connectivity index is 0.000000176. The molecule has 0 aliphatic carbocycles. The topological polar surface area (TPSA) is 198 Å². The Morgan fingerprint density at radius 1 is 0.400 bits per heavy atom. The van der Waals surface area contributed by atoms with Gasteiger partial charge in [-0.3, -0.25) is 0 Å². The number of aryl methyl sites for hydroxylation is 3. The van der Waals surface area contributed by atoms with Crippen LogP contribution in [0.2, 0.25) is 25.2 Å². The molecule has 0 amide bonds. The summed E-state index contributed by atoms with van der Waals surface area (Å²) in [6, 6.07) is 17.6. The van der Waals surface area contributed by atoms with E-state index in [1.807, 2.05) is 38.1 Å². The second-order valence-corrected chi connectivity index (χ2v) is 39.6. The second kappa shape index (κ2) is 39.4. The third-order valence-corrected chi connectivity index (χ3v) is 35.4. The highest BCUT2D eigenvalue weighted by Crippen LogP contribution is 2.53. The number of rotatable bonds is 6. The lowest BCUT2D eigenvalue weighted by atomic mass is 10.0. The molecule has 12 rings (SSSR count). The van der Waals surface area contributed by atoms with Gasteiger partial charge in [0.15, 0.2) is 22.0 Å². The van der Waals surface area contributed by atoms with Gasteiger partial charge >= 0.3 is 6.18 Å². The van der Waals surface area contributed by atoms with Crippen LogP contribution in [0.25, 0.3) is 66.8 Å². The second-order valence-electron chi connectivity index (χ2n) is 20.7. The maximum atomic E-state index is 13.2. The molecule has 6 heterocycles. The van der Waals surface area contributed by atoms with Gasteiger partial charge in [-0.1, -0.05) is 95.9 Å². The monoisotopic (exact) mass is 2770 g/mol. The summed E-state index contributed by atoms with van der Waals surface area (Å²) in [7, 11) is 0. The molecule has 0 fully saturated rings. The van der Waals surface area contributed by atoms with Crippen LogP contribution in [0, 0.1) is 32.4 Å². The number of nitrogens with one attached hydrogen (secondary N) is 4. The molecule has 0 aliphatic heterocycles. The molecule has 558 valence electrons. The van der Waals surface area contributed by atoms with Crippen LogP contribution in [0.3, 0.4) is 0 Å². The van der Waals surface area contributed by atoms with E-state index in [0.29, 0.717) is 91.5 Å². The standard InChI is InChI=1S/C12H7Br3F3NO.C12H10Br3NO.C10H3Br5O2.C10H3Br5OS.C10H4Br3F2NO.C10H4Cl5NO/c1-4-2-5(12(16,17)18)3-6(10(4)20)9-7(13)8(14)11(15)19-9;1-5-3-6(2)11(17)7(4-5)10-8(13)9(14)12(15)16-10;2*11-3-1-4(8(16)5(12)2-3)9-6(13)7(14)10(15)17-9;11-6-7(12)10(13)16-8(6)4-1-3(14)2-5(15)9(4)17;11-3-1-4(9(17)5(12)2-3)8-6(13)7(14)10(15)16-8/h2-3,19-20H,1H3;3-4,16-17H,1-2H3;2*1-2,16H;2*1-2,16-17H. The SMILES string of the molecule is Cc1cc(C(F)(F)F)cc(-c2[nH]c(Br)c(Br)c2Br)c1O.Cc1cc(C)c(O)c(-c2[nH]c(Br)c(Br)c2Br)c1.Oc1c(Br)cc(Br)cc1-c1oc(Br)c(Br)c1Br.Oc1c(Br)cc(Br)cc1-c1sc(Br)c(Br)c1Br.Oc1c(Cl)cc(Cl)cc1-c1[nH]c(Cl)c(Cl)c1Cl.Oc1c(F)cc(F)cc1-c1[nH]c(Br)c(Br)c1Br. The number of phenolic OH excluding ortho intramolecular Hbond substituents is 6. The number of halogens is 29. The van der Waals surface area contributed by atoms with E-state index in [9.17, 15) is 52.6 Å². The van der Waals surface area contributed by atoms with Gasteiger partial charge in [-0.25, -0.2) is 8.78 Å². The van der Waals surface area contributed by atoms with E-state index < -0.39 is 29.1 Å². The highest BCUT2D eigenvalue weighted by atomic mass is 79.9. The third kappa shape index (κ3) is 22.2. The largest absolute Gasteiger partial charge is 0.507 e. The van der Waals surface area contributed by atoms with Crippen LogP contribution in [0.15, 0.2) is 162 Å². The molecule has 0 spiro atoms. The Hall–Kier alpha value is 0.440. The Kier molecular flexibility index (Phi) is 34.7. The minimum atomic E-state index is -4.47. The number of aromatic amines is 4. The van der Waals surface area contributed by atoms with Crippen molar-refractivity contribution in [3.8, 4) is 101 Å². The molecule has 0 aliphatic rings. The van der Waals surface area contributed by atoms with Gasteiger partial charge in [-0.2, -0.15) is 13.2 Å². The molecule has 12 aromatic rings. The predicted octanol–water partition coefficient (Wildman–Crippen LogP) is 35.3. The fourth-order valence-electron chi connectivity index (χ4n) is 8.80. The molecular formula is C64H31Br19Cl5F5N4O7S. The van der Waals surface area contributed by atoms with Gasteiger partial charge in [-0.15, -0.1) is 11.3 Å². The van der Waals surface area contributed by atoms with Crippen molar-refractivity contribution < 1.29 is 57.0 Å². The quantitative estimate of drug-likeness (QED) is 0.0731. The fraction of sp³-hybridized carbons (Fsp3) is 0.0625. The Labute approximate surface area is 781 Å². The van der Waals surface area contributed by atoms with Crippen LogP contribution < -0.4 is 0 Å². The Morgan fingerprint density at radius 2 is 0.848 bits per heavy atom. The molecule has 6 aromatic carbocycles. The Morgan fingerprint density at radius 3 is 1.27 bits per heavy atom. The summed E-state index contributed by atoms with van der Waals surface area (Å²) in [5.41, 5.74) is 5.89. The zero-order valence-corrected chi connectivity index (χ0v) is 85.6. The minimum Gasteiger partial charge on any atom is -0.507 e. The van der Waals surface area contributed by atoms with E-state index in [1.54, 1.807) is 23.5 Å². The number of alkyl halides is 3. The summed E-state index contributed by atoms with van der Waals surface area (Å²) >= 11 is 94.6. The van der Waals surface area contributed by atoms with Crippen molar-refractivity contribution in [2.24, 2.45) is 0 Å². The van der Waals surface area contributed by atoms with Gasteiger partial charge in [0.2, 0.25) is 0 Å². The molecule has 105 heavy (non-hydrogen) atoms. The molecule has 0 unspecified atom stereocenters. The summed E-state index contributed by atoms with van der Waals surface area (Å²) in [5.74, 6) is -1.50. The van der Waals surface area contributed by atoms with Crippen molar-refractivity contribution in [3.05, 3.63) is 217 Å². The minimum absolute atomic E-state index is 0.0424. The summed E-state index contributed by atoms with van der Waals surface area (Å²) in [6.45, 7) is 5.33. The molecule has 0 saturated heterocycles. The van der Waals surface area contributed by atoms with E-state index in [4.69, 9.17) is 62.4 Å². The van der Waals surface area contributed by atoms with Gasteiger partial charge in [0, 0.05) is 47.9 Å². The molecule has 11 nitrogen and oxygen atoms in total. The number of hydrogen-bond donors (Lipinski definition) is 10. The first-order chi connectivity index (χ1) is 48.7. The lowest BCUT2D eigenvalue weighted by Gasteiger charge is -2.12. The number of phenols is 6. The lowest BCUT2D eigenvalue weighted by Crippen LogP contribution is -2.05. The molecule has 0 saturated carbocycles. The van der Waals surface area contributed by atoms with Crippen molar-refractivity contribution in [2.45, 2.75) is 26.9 Å². The van der Waals surface area contributed by atoms with Crippen LogP contribution in [0.4, 0.5) is 22.0 Å². The third-order valence-electron chi connectivity index (χ3n) is 13.6. The van der Waals surface area contributed by atoms with Gasteiger partial charge in [0.05, 0.1) is 125 Å². The smallest absolute Gasteiger partial charge is 0.416 e. The van der Waals surface area contributed by atoms with Gasteiger partial charge in [0.1, 0.15) is 39.7 Å².